The Morgan fingerprint density at radius 1 is 1.07 bits per heavy atom. The van der Waals surface area contributed by atoms with Crippen LogP contribution in [0.25, 0.3) is 6.08 Å². The fourth-order valence-electron chi connectivity index (χ4n) is 2.49. The van der Waals surface area contributed by atoms with Crippen molar-refractivity contribution in [3.05, 3.63) is 65.4 Å². The first-order chi connectivity index (χ1) is 13.2. The maximum absolute atomic E-state index is 12.5. The predicted molar refractivity (Wildman–Crippen MR) is 99.2 cm³/mol. The van der Waals surface area contributed by atoms with E-state index in [0.717, 1.165) is 0 Å². The highest BCUT2D eigenvalue weighted by molar-refractivity contribution is 6.05. The Labute approximate surface area is 156 Å². The van der Waals surface area contributed by atoms with Crippen molar-refractivity contribution in [3.63, 3.8) is 0 Å². The molecule has 1 aliphatic rings. The van der Waals surface area contributed by atoms with Crippen molar-refractivity contribution >= 4 is 17.9 Å². The molecule has 0 bridgehead atoms. The standard InChI is InChI=1S/C20H20N2O5/c23-10-4-9-21-20(25)16(22-19(24)15-5-2-1-3-6-15)11-14-7-8-17-18(12-14)27-13-26-17/h1-3,5-8,11-12,23H,4,9-10,13H2,(H,21,25)(H,22,24). The lowest BCUT2D eigenvalue weighted by atomic mass is 10.1. The number of amides is 2. The topological polar surface area (TPSA) is 96.9 Å². The third-order valence-corrected chi connectivity index (χ3v) is 3.86. The van der Waals surface area contributed by atoms with E-state index in [2.05, 4.69) is 10.6 Å². The number of hydrogen-bond donors (Lipinski definition) is 3. The van der Waals surface area contributed by atoms with E-state index in [-0.39, 0.29) is 25.0 Å². The summed E-state index contributed by atoms with van der Waals surface area (Å²) in [6, 6.07) is 13.9. The number of benzene rings is 2. The van der Waals surface area contributed by atoms with Crippen molar-refractivity contribution in [1.29, 1.82) is 0 Å². The van der Waals surface area contributed by atoms with Crippen LogP contribution in [0.5, 0.6) is 11.5 Å². The van der Waals surface area contributed by atoms with E-state index in [1.165, 1.54) is 0 Å². The fraction of sp³-hybridized carbons (Fsp3) is 0.200. The lowest BCUT2D eigenvalue weighted by molar-refractivity contribution is -0.117. The van der Waals surface area contributed by atoms with Gasteiger partial charge in [0.05, 0.1) is 0 Å². The van der Waals surface area contributed by atoms with Gasteiger partial charge in [-0.2, -0.15) is 0 Å². The van der Waals surface area contributed by atoms with Crippen LogP contribution in [-0.2, 0) is 4.79 Å². The molecule has 0 saturated heterocycles. The zero-order valence-corrected chi connectivity index (χ0v) is 14.6. The van der Waals surface area contributed by atoms with Crippen LogP contribution < -0.4 is 20.1 Å². The summed E-state index contributed by atoms with van der Waals surface area (Å²) in [7, 11) is 0. The van der Waals surface area contributed by atoms with E-state index in [0.29, 0.717) is 35.6 Å². The molecule has 0 unspecified atom stereocenters. The van der Waals surface area contributed by atoms with Crippen LogP contribution in [0.15, 0.2) is 54.2 Å². The predicted octanol–water partition coefficient (Wildman–Crippen LogP) is 1.68. The monoisotopic (exact) mass is 368 g/mol. The minimum Gasteiger partial charge on any atom is -0.454 e. The van der Waals surface area contributed by atoms with Crippen LogP contribution in [0.3, 0.4) is 0 Å². The molecule has 0 aromatic heterocycles. The first kappa shape index (κ1) is 18.5. The van der Waals surface area contributed by atoms with Crippen LogP contribution in [0, 0.1) is 0 Å². The van der Waals surface area contributed by atoms with Crippen LogP contribution in [-0.4, -0.2) is 36.9 Å². The quantitative estimate of drug-likeness (QED) is 0.510. The zero-order chi connectivity index (χ0) is 19.1. The maximum Gasteiger partial charge on any atom is 0.267 e. The van der Waals surface area contributed by atoms with Crippen LogP contribution in [0.2, 0.25) is 0 Å². The van der Waals surface area contributed by atoms with Gasteiger partial charge in [0.2, 0.25) is 6.79 Å². The minimum atomic E-state index is -0.439. The molecule has 0 aliphatic carbocycles. The number of ether oxygens (including phenoxy) is 2. The smallest absolute Gasteiger partial charge is 0.267 e. The Hall–Kier alpha value is -3.32. The summed E-state index contributed by atoms with van der Waals surface area (Å²) in [6.45, 7) is 0.425. The summed E-state index contributed by atoms with van der Waals surface area (Å²) in [5, 5.41) is 14.2. The number of nitrogens with one attached hydrogen (secondary N) is 2. The van der Waals surface area contributed by atoms with Gasteiger partial charge in [0.1, 0.15) is 5.70 Å². The number of carbonyl (C=O) groups excluding carboxylic acids is 2. The molecule has 0 radical (unpaired) electrons. The maximum atomic E-state index is 12.5. The highest BCUT2D eigenvalue weighted by Gasteiger charge is 2.16. The van der Waals surface area contributed by atoms with Gasteiger partial charge < -0.3 is 25.2 Å². The highest BCUT2D eigenvalue weighted by atomic mass is 16.7. The molecule has 2 amide bonds. The summed E-state index contributed by atoms with van der Waals surface area (Å²) in [5.74, 6) is 0.387. The normalized spacial score (nSPS) is 12.6. The molecular weight excluding hydrogens is 348 g/mol. The second kappa shape index (κ2) is 8.86. The number of aliphatic hydroxyl groups excluding tert-OH is 1. The van der Waals surface area contributed by atoms with Crippen LogP contribution in [0.1, 0.15) is 22.3 Å². The van der Waals surface area contributed by atoms with E-state index in [9.17, 15) is 9.59 Å². The number of aliphatic hydroxyl groups is 1. The van der Waals surface area contributed by atoms with E-state index in [4.69, 9.17) is 14.6 Å². The lowest BCUT2D eigenvalue weighted by Crippen LogP contribution is -2.35. The molecule has 1 heterocycles. The molecule has 7 nitrogen and oxygen atoms in total. The van der Waals surface area contributed by atoms with Crippen molar-refractivity contribution in [2.45, 2.75) is 6.42 Å². The Kier molecular flexibility index (Phi) is 6.06. The molecule has 0 spiro atoms. The average molecular weight is 368 g/mol. The molecule has 3 rings (SSSR count). The number of rotatable bonds is 7. The molecule has 0 saturated carbocycles. The summed E-state index contributed by atoms with van der Waals surface area (Å²) in [4.78, 5) is 24.9. The van der Waals surface area contributed by atoms with Crippen molar-refractivity contribution < 1.29 is 24.2 Å². The third-order valence-electron chi connectivity index (χ3n) is 3.86. The van der Waals surface area contributed by atoms with Gasteiger partial charge in [-0.15, -0.1) is 0 Å². The molecular formula is C20H20N2O5. The molecule has 7 heteroatoms. The summed E-state index contributed by atoms with van der Waals surface area (Å²) in [5.41, 5.74) is 1.22. The Morgan fingerprint density at radius 3 is 2.63 bits per heavy atom. The van der Waals surface area contributed by atoms with E-state index >= 15 is 0 Å². The lowest BCUT2D eigenvalue weighted by Gasteiger charge is -2.11. The van der Waals surface area contributed by atoms with E-state index < -0.39 is 5.91 Å². The van der Waals surface area contributed by atoms with Gasteiger partial charge >= 0.3 is 0 Å². The van der Waals surface area contributed by atoms with Crippen molar-refractivity contribution in [2.24, 2.45) is 0 Å². The summed E-state index contributed by atoms with van der Waals surface area (Å²) in [6.07, 6.45) is 1.99. The van der Waals surface area contributed by atoms with Gasteiger partial charge in [-0.05, 0) is 42.3 Å². The second-order valence-corrected chi connectivity index (χ2v) is 5.82. The van der Waals surface area contributed by atoms with Crippen molar-refractivity contribution in [3.8, 4) is 11.5 Å². The summed E-state index contributed by atoms with van der Waals surface area (Å²) < 4.78 is 10.6. The SMILES string of the molecule is O=C(NCCCO)C(=Cc1ccc2c(c1)OCO2)NC(=O)c1ccccc1. The highest BCUT2D eigenvalue weighted by Crippen LogP contribution is 2.33. The van der Waals surface area contributed by atoms with Crippen LogP contribution in [0.4, 0.5) is 0 Å². The Bertz CT molecular complexity index is 849. The molecule has 3 N–H and O–H groups in total. The Balaban J connectivity index is 1.82. The first-order valence-corrected chi connectivity index (χ1v) is 8.54. The van der Waals surface area contributed by atoms with Crippen molar-refractivity contribution in [1.82, 2.24) is 10.6 Å². The van der Waals surface area contributed by atoms with E-state index in [1.807, 2.05) is 6.07 Å². The number of fused-ring (bicyclic) bond motifs is 1. The molecule has 140 valence electrons. The largest absolute Gasteiger partial charge is 0.454 e. The average Bonchev–Trinajstić information content (AvgIpc) is 3.16. The molecule has 2 aromatic rings. The molecule has 0 atom stereocenters. The van der Waals surface area contributed by atoms with Gasteiger partial charge in [0.15, 0.2) is 11.5 Å². The molecule has 0 fully saturated rings. The summed E-state index contributed by atoms with van der Waals surface area (Å²) >= 11 is 0. The van der Waals surface area contributed by atoms with Gasteiger partial charge in [-0.1, -0.05) is 24.3 Å². The first-order valence-electron chi connectivity index (χ1n) is 8.54. The molecule has 2 aromatic carbocycles. The van der Waals surface area contributed by atoms with Crippen molar-refractivity contribution in [2.75, 3.05) is 19.9 Å². The van der Waals surface area contributed by atoms with Gasteiger partial charge in [-0.3, -0.25) is 9.59 Å². The van der Waals surface area contributed by atoms with Gasteiger partial charge in [-0.25, -0.2) is 0 Å². The van der Waals surface area contributed by atoms with Gasteiger partial charge in [0, 0.05) is 18.7 Å². The number of hydrogen-bond acceptors (Lipinski definition) is 5. The Morgan fingerprint density at radius 2 is 1.85 bits per heavy atom. The second-order valence-electron chi connectivity index (χ2n) is 5.82. The zero-order valence-electron chi connectivity index (χ0n) is 14.6. The third kappa shape index (κ3) is 4.86. The molecule has 1 aliphatic heterocycles. The molecule has 27 heavy (non-hydrogen) atoms. The van der Waals surface area contributed by atoms with Crippen LogP contribution >= 0.6 is 0 Å². The fourth-order valence-corrected chi connectivity index (χ4v) is 2.49. The number of carbonyl (C=O) groups is 2. The van der Waals surface area contributed by atoms with E-state index in [1.54, 1.807) is 48.5 Å². The minimum absolute atomic E-state index is 0.0299. The van der Waals surface area contributed by atoms with Gasteiger partial charge in [0.25, 0.3) is 11.8 Å².